The molecule has 1 atom stereocenters. The lowest BCUT2D eigenvalue weighted by Crippen LogP contribution is -2.40. The van der Waals surface area contributed by atoms with Gasteiger partial charge in [0.15, 0.2) is 0 Å². The summed E-state index contributed by atoms with van der Waals surface area (Å²) in [5.74, 6) is -0.760. The number of allylic oxidation sites excluding steroid dienone is 2. The molecular weight excluding hydrogens is 374 g/mol. The predicted octanol–water partition coefficient (Wildman–Crippen LogP) is 3.70. The Morgan fingerprint density at radius 3 is 2.31 bits per heavy atom. The molecule has 0 spiro atoms. The smallest absolute Gasteiger partial charge is 0.271 e. The Balaban J connectivity index is 3.52. The molecule has 0 aromatic heterocycles. The lowest BCUT2D eigenvalue weighted by Gasteiger charge is -2.29. The van der Waals surface area contributed by atoms with Crippen LogP contribution in [0.1, 0.15) is 18.5 Å². The van der Waals surface area contributed by atoms with Gasteiger partial charge in [-0.25, -0.2) is 12.8 Å². The quantitative estimate of drug-likeness (QED) is 0.322. The van der Waals surface area contributed by atoms with Gasteiger partial charge in [0.05, 0.1) is 6.07 Å². The second-order valence-corrected chi connectivity index (χ2v) is 7.17. The highest BCUT2D eigenvalue weighted by Gasteiger charge is 2.47. The van der Waals surface area contributed by atoms with E-state index >= 15 is 0 Å². The zero-order chi connectivity index (χ0) is 20.1. The Labute approximate surface area is 148 Å². The van der Waals surface area contributed by atoms with Gasteiger partial charge in [-0.05, 0) is 37.4 Å². The second kappa shape index (κ2) is 8.25. The minimum absolute atomic E-state index is 0.0535. The number of benzene rings is 1. The zero-order valence-corrected chi connectivity index (χ0v) is 14.6. The normalized spacial score (nSPS) is 14.8. The van der Waals surface area contributed by atoms with Gasteiger partial charge in [-0.3, -0.25) is 4.99 Å². The second-order valence-electron chi connectivity index (χ2n) is 5.17. The zero-order valence-electron chi connectivity index (χ0n) is 13.8. The summed E-state index contributed by atoms with van der Waals surface area (Å²) in [5, 5.41) is 8.78. The fourth-order valence-corrected chi connectivity index (χ4v) is 3.45. The lowest BCUT2D eigenvalue weighted by atomic mass is 10.1. The number of rotatable bonds is 6. The van der Waals surface area contributed by atoms with Gasteiger partial charge < -0.3 is 0 Å². The van der Waals surface area contributed by atoms with E-state index in [1.165, 1.54) is 6.92 Å². The largest absolute Gasteiger partial charge is 0.409 e. The molecule has 0 aliphatic heterocycles. The lowest BCUT2D eigenvalue weighted by molar-refractivity contribution is -0.171. The molecule has 26 heavy (non-hydrogen) atoms. The Morgan fingerprint density at radius 1 is 1.35 bits per heavy atom. The molecule has 5 nitrogen and oxygen atoms in total. The Hall–Kier alpha value is -2.51. The van der Waals surface area contributed by atoms with Crippen LogP contribution in [0.5, 0.6) is 0 Å². The van der Waals surface area contributed by atoms with Gasteiger partial charge in [-0.2, -0.15) is 22.7 Å². The summed E-state index contributed by atoms with van der Waals surface area (Å²) >= 11 is 0. The number of nitriles is 1. The van der Waals surface area contributed by atoms with Gasteiger partial charge in [-0.1, -0.05) is 12.1 Å². The number of nitrogens with zero attached hydrogens (tertiary/aromatic N) is 3. The van der Waals surface area contributed by atoms with Gasteiger partial charge in [0.1, 0.15) is 16.8 Å². The highest BCUT2D eigenvalue weighted by atomic mass is 32.2. The van der Waals surface area contributed by atoms with E-state index in [0.717, 1.165) is 43.6 Å². The molecule has 0 amide bonds. The van der Waals surface area contributed by atoms with E-state index in [2.05, 4.69) is 11.7 Å². The average molecular weight is 389 g/mol. The van der Waals surface area contributed by atoms with Crippen molar-refractivity contribution in [3.05, 3.63) is 58.4 Å². The summed E-state index contributed by atoms with van der Waals surface area (Å²) in [5.41, 5.74) is -0.515. The molecule has 0 radical (unpaired) electrons. The standard InChI is InChI=1S/C16H15F4N3O2S/c1-11(9-21)8-14(10-22-2)26(24,25)23(3)15(16(18,19)20)12-4-6-13(17)7-5-12/h4-8,10,15H,2H2,1,3H3/b11-8+,14-10+/t15-/m1/s1. The molecule has 0 aliphatic rings. The molecule has 1 aromatic rings. The number of alkyl halides is 3. The number of sulfonamides is 1. The summed E-state index contributed by atoms with van der Waals surface area (Å²) in [6.07, 6.45) is -3.34. The van der Waals surface area contributed by atoms with Crippen molar-refractivity contribution in [2.45, 2.75) is 19.1 Å². The number of hydrogen-bond acceptors (Lipinski definition) is 4. The van der Waals surface area contributed by atoms with Gasteiger partial charge in [-0.15, -0.1) is 0 Å². The molecule has 0 unspecified atom stereocenters. The summed E-state index contributed by atoms with van der Waals surface area (Å²) in [6, 6.07) is 2.42. The molecule has 140 valence electrons. The van der Waals surface area contributed by atoms with E-state index < -0.39 is 38.5 Å². The number of hydrogen-bond donors (Lipinski definition) is 0. The summed E-state index contributed by atoms with van der Waals surface area (Å²) < 4.78 is 79.0. The van der Waals surface area contributed by atoms with E-state index in [0.29, 0.717) is 0 Å². The van der Waals surface area contributed by atoms with Crippen LogP contribution in [0.2, 0.25) is 0 Å². The molecule has 0 saturated carbocycles. The Kier molecular flexibility index (Phi) is 6.83. The van der Waals surface area contributed by atoms with Crippen molar-refractivity contribution in [1.82, 2.24) is 4.31 Å². The summed E-state index contributed by atoms with van der Waals surface area (Å²) in [7, 11) is -3.95. The number of halogens is 4. The van der Waals surface area contributed by atoms with Crippen LogP contribution in [0.4, 0.5) is 17.6 Å². The third-order valence-electron chi connectivity index (χ3n) is 3.29. The van der Waals surface area contributed by atoms with Crippen LogP contribution in [0.25, 0.3) is 0 Å². The molecule has 0 saturated heterocycles. The van der Waals surface area contributed by atoms with E-state index in [1.807, 2.05) is 0 Å². The molecule has 0 N–H and O–H groups in total. The third-order valence-corrected chi connectivity index (χ3v) is 5.08. The summed E-state index contributed by atoms with van der Waals surface area (Å²) in [6.45, 7) is 4.37. The van der Waals surface area contributed by atoms with Crippen LogP contribution in [0.15, 0.2) is 52.0 Å². The summed E-state index contributed by atoms with van der Waals surface area (Å²) in [4.78, 5) is 2.64. The molecule has 0 bridgehead atoms. The highest BCUT2D eigenvalue weighted by Crippen LogP contribution is 2.39. The van der Waals surface area contributed by atoms with Crippen molar-refractivity contribution >= 4 is 16.7 Å². The Bertz CT molecular complexity index is 866. The van der Waals surface area contributed by atoms with Gasteiger partial charge >= 0.3 is 6.18 Å². The molecule has 0 heterocycles. The van der Waals surface area contributed by atoms with Crippen LogP contribution in [0, 0.1) is 17.1 Å². The molecule has 0 fully saturated rings. The Morgan fingerprint density at radius 2 is 1.88 bits per heavy atom. The first-order chi connectivity index (χ1) is 11.9. The fourth-order valence-electron chi connectivity index (χ4n) is 2.07. The molecular formula is C16H15F4N3O2S. The van der Waals surface area contributed by atoms with Crippen LogP contribution >= 0.6 is 0 Å². The molecule has 10 heteroatoms. The first-order valence-electron chi connectivity index (χ1n) is 6.99. The fraction of sp³-hybridized carbons (Fsp3) is 0.250. The molecule has 1 aromatic carbocycles. The van der Waals surface area contributed by atoms with Crippen molar-refractivity contribution in [3.63, 3.8) is 0 Å². The maximum Gasteiger partial charge on any atom is 0.409 e. The van der Waals surface area contributed by atoms with E-state index in [4.69, 9.17) is 5.26 Å². The average Bonchev–Trinajstić information content (AvgIpc) is 2.54. The van der Waals surface area contributed by atoms with Crippen molar-refractivity contribution in [2.24, 2.45) is 4.99 Å². The molecule has 0 aliphatic carbocycles. The van der Waals surface area contributed by atoms with Crippen LogP contribution in [-0.2, 0) is 10.0 Å². The predicted molar refractivity (Wildman–Crippen MR) is 88.9 cm³/mol. The van der Waals surface area contributed by atoms with E-state index in [9.17, 15) is 26.0 Å². The van der Waals surface area contributed by atoms with Crippen molar-refractivity contribution < 1.29 is 26.0 Å². The monoisotopic (exact) mass is 389 g/mol. The first kappa shape index (κ1) is 21.5. The SMILES string of the molecule is C=N/C=C(\C=C(/C)C#N)S(=O)(=O)N(C)[C@H](c1ccc(F)cc1)C(F)(F)F. The minimum atomic E-state index is -4.97. The third kappa shape index (κ3) is 5.00. The maximum atomic E-state index is 13.5. The van der Waals surface area contributed by atoms with E-state index in [-0.39, 0.29) is 9.88 Å². The topological polar surface area (TPSA) is 73.5 Å². The van der Waals surface area contributed by atoms with Crippen molar-refractivity contribution in [3.8, 4) is 6.07 Å². The van der Waals surface area contributed by atoms with Crippen LogP contribution in [0.3, 0.4) is 0 Å². The van der Waals surface area contributed by atoms with Crippen LogP contribution < -0.4 is 0 Å². The van der Waals surface area contributed by atoms with Gasteiger partial charge in [0.25, 0.3) is 0 Å². The van der Waals surface area contributed by atoms with Gasteiger partial charge in [0.2, 0.25) is 10.0 Å². The van der Waals surface area contributed by atoms with Gasteiger partial charge in [0, 0.05) is 18.8 Å². The minimum Gasteiger partial charge on any atom is -0.271 e. The maximum absolute atomic E-state index is 13.5. The first-order valence-corrected chi connectivity index (χ1v) is 8.43. The molecule has 1 rings (SSSR count). The highest BCUT2D eigenvalue weighted by molar-refractivity contribution is 7.93. The van der Waals surface area contributed by atoms with Crippen molar-refractivity contribution in [1.29, 1.82) is 5.26 Å². The van der Waals surface area contributed by atoms with E-state index in [1.54, 1.807) is 6.07 Å². The van der Waals surface area contributed by atoms with Crippen molar-refractivity contribution in [2.75, 3.05) is 7.05 Å². The number of aliphatic imine (C=N–C) groups is 1. The van der Waals surface area contributed by atoms with Crippen LogP contribution in [-0.4, -0.2) is 32.7 Å².